The normalized spacial score (nSPS) is 11.4. The van der Waals surface area contributed by atoms with E-state index in [0.29, 0.717) is 12.8 Å². The van der Waals surface area contributed by atoms with E-state index in [1.165, 1.54) is 33.4 Å². The van der Waals surface area contributed by atoms with Crippen LogP contribution in [0.5, 0.6) is 0 Å². The van der Waals surface area contributed by atoms with Gasteiger partial charge in [0, 0.05) is 52.8 Å². The average molecular weight is 675 g/mol. The Morgan fingerprint density at radius 2 is 0.569 bits per heavy atom. The Morgan fingerprint density at radius 1 is 0.353 bits per heavy atom. The fraction of sp³-hybridized carbons (Fsp3) is 0.234. The molecule has 6 aromatic rings. The summed E-state index contributed by atoms with van der Waals surface area (Å²) in [6, 6.07) is 52.5. The summed E-state index contributed by atoms with van der Waals surface area (Å²) in [5.41, 5.74) is 13.4. The van der Waals surface area contributed by atoms with Crippen LogP contribution in [-0.4, -0.2) is 23.4 Å². The number of aryl methyl sites for hydroxylation is 4. The zero-order chi connectivity index (χ0) is 35.8. The van der Waals surface area contributed by atoms with Gasteiger partial charge in [-0.05, 0) is 137 Å². The van der Waals surface area contributed by atoms with Crippen LogP contribution >= 0.6 is 0 Å². The van der Waals surface area contributed by atoms with E-state index >= 15 is 0 Å². The Morgan fingerprint density at radius 3 is 0.784 bits per heavy atom. The van der Waals surface area contributed by atoms with Crippen LogP contribution in [0.3, 0.4) is 0 Å². The number of aliphatic hydroxyl groups excluding tert-OH is 2. The molecule has 4 nitrogen and oxygen atoms in total. The number of benzene rings is 6. The zero-order valence-corrected chi connectivity index (χ0v) is 30.4. The van der Waals surface area contributed by atoms with Gasteiger partial charge in [-0.25, -0.2) is 0 Å². The fourth-order valence-electron chi connectivity index (χ4n) is 7.16. The molecule has 0 bridgehead atoms. The van der Waals surface area contributed by atoms with Crippen LogP contribution in [0, 0.1) is 27.7 Å². The topological polar surface area (TPSA) is 46.9 Å². The van der Waals surface area contributed by atoms with Crippen molar-refractivity contribution in [2.75, 3.05) is 23.0 Å². The maximum absolute atomic E-state index is 10.1. The van der Waals surface area contributed by atoms with Gasteiger partial charge in [0.05, 0.1) is 0 Å². The molecule has 0 aromatic heterocycles. The van der Waals surface area contributed by atoms with Crippen molar-refractivity contribution < 1.29 is 10.2 Å². The molecule has 0 aliphatic heterocycles. The van der Waals surface area contributed by atoms with Crippen molar-refractivity contribution in [3.8, 4) is 0 Å². The van der Waals surface area contributed by atoms with Crippen LogP contribution in [0.2, 0.25) is 0 Å². The zero-order valence-electron chi connectivity index (χ0n) is 30.4. The molecule has 6 rings (SSSR count). The lowest BCUT2D eigenvalue weighted by Gasteiger charge is -2.36. The van der Waals surface area contributed by atoms with Crippen molar-refractivity contribution in [3.05, 3.63) is 179 Å². The van der Waals surface area contributed by atoms with Crippen molar-refractivity contribution >= 4 is 34.1 Å². The van der Waals surface area contributed by atoms with Gasteiger partial charge in [0.15, 0.2) is 0 Å². The van der Waals surface area contributed by atoms with Gasteiger partial charge < -0.3 is 20.0 Å². The Bertz CT molecular complexity index is 1730. The third-order valence-corrected chi connectivity index (χ3v) is 10.0. The Kier molecular flexibility index (Phi) is 11.4. The quantitative estimate of drug-likeness (QED) is 0.121. The summed E-state index contributed by atoms with van der Waals surface area (Å²) in [5, 5.41) is 20.2. The highest BCUT2D eigenvalue weighted by molar-refractivity contribution is 5.78. The third kappa shape index (κ3) is 8.09. The van der Waals surface area contributed by atoms with E-state index in [2.05, 4.69) is 183 Å². The number of rotatable bonds is 14. The van der Waals surface area contributed by atoms with E-state index in [1.807, 2.05) is 0 Å². The van der Waals surface area contributed by atoms with Gasteiger partial charge in [0.1, 0.15) is 0 Å². The highest BCUT2D eigenvalue weighted by Crippen LogP contribution is 2.44. The summed E-state index contributed by atoms with van der Waals surface area (Å²) in [4.78, 5) is 4.59. The van der Waals surface area contributed by atoms with Gasteiger partial charge in [-0.2, -0.15) is 0 Å². The molecule has 2 N–H and O–H groups in total. The second-order valence-electron chi connectivity index (χ2n) is 13.8. The van der Waals surface area contributed by atoms with Crippen molar-refractivity contribution in [3.63, 3.8) is 0 Å². The molecule has 4 heteroatoms. The summed E-state index contributed by atoms with van der Waals surface area (Å²) < 4.78 is 0. The smallest absolute Gasteiger partial charge is 0.0461 e. The van der Waals surface area contributed by atoms with Gasteiger partial charge in [-0.3, -0.25) is 0 Å². The van der Waals surface area contributed by atoms with Crippen LogP contribution in [0.15, 0.2) is 146 Å². The van der Waals surface area contributed by atoms with Gasteiger partial charge >= 0.3 is 0 Å². The van der Waals surface area contributed by atoms with Crippen molar-refractivity contribution in [1.29, 1.82) is 0 Å². The van der Waals surface area contributed by atoms with Gasteiger partial charge in [-0.15, -0.1) is 0 Å². The summed E-state index contributed by atoms with van der Waals surface area (Å²) in [5.74, 6) is 0. The lowest BCUT2D eigenvalue weighted by molar-refractivity contribution is 0.245. The first-order valence-electron chi connectivity index (χ1n) is 18.1. The Balaban J connectivity index is 1.42. The maximum Gasteiger partial charge on any atom is 0.0461 e. The minimum absolute atomic E-state index is 0.111. The van der Waals surface area contributed by atoms with Crippen LogP contribution in [-0.2, 0) is 5.41 Å². The van der Waals surface area contributed by atoms with Gasteiger partial charge in [0.25, 0.3) is 0 Å². The molecule has 0 aliphatic rings. The van der Waals surface area contributed by atoms with E-state index < -0.39 is 0 Å². The highest BCUT2D eigenvalue weighted by atomic mass is 16.3. The SMILES string of the molecule is Cc1ccc(N(c2ccc(C)cc2)c2ccc(C(CCCO)(CCCO)c3ccc(N(c4ccc(C)cc4)c4ccc(C)cc4)cc3)cc2)cc1. The largest absolute Gasteiger partial charge is 0.396 e. The second-order valence-corrected chi connectivity index (χ2v) is 13.8. The van der Waals surface area contributed by atoms with E-state index in [4.69, 9.17) is 0 Å². The fourth-order valence-corrected chi connectivity index (χ4v) is 7.16. The molecule has 0 spiro atoms. The number of nitrogens with zero attached hydrogens (tertiary/aromatic N) is 2. The van der Waals surface area contributed by atoms with Gasteiger partial charge in [0.2, 0.25) is 0 Å². The van der Waals surface area contributed by atoms with E-state index in [-0.39, 0.29) is 18.6 Å². The molecule has 0 saturated heterocycles. The predicted octanol–water partition coefficient (Wildman–Crippen LogP) is 11.7. The predicted molar refractivity (Wildman–Crippen MR) is 215 cm³/mol. The number of anilines is 6. The molecular weight excluding hydrogens is 625 g/mol. The lowest BCUT2D eigenvalue weighted by atomic mass is 9.68. The highest BCUT2D eigenvalue weighted by Gasteiger charge is 2.34. The summed E-state index contributed by atoms with van der Waals surface area (Å²) >= 11 is 0. The van der Waals surface area contributed by atoms with E-state index in [0.717, 1.165) is 47.0 Å². The third-order valence-electron chi connectivity index (χ3n) is 10.0. The van der Waals surface area contributed by atoms with Crippen molar-refractivity contribution in [2.24, 2.45) is 0 Å². The minimum Gasteiger partial charge on any atom is -0.396 e. The average Bonchev–Trinajstić information content (AvgIpc) is 3.16. The van der Waals surface area contributed by atoms with Crippen LogP contribution in [0.1, 0.15) is 59.1 Å². The van der Waals surface area contributed by atoms with Gasteiger partial charge in [-0.1, -0.05) is 95.1 Å². The molecule has 6 aromatic carbocycles. The van der Waals surface area contributed by atoms with Crippen LogP contribution < -0.4 is 9.80 Å². The first kappa shape index (κ1) is 35.7. The molecule has 0 radical (unpaired) electrons. The van der Waals surface area contributed by atoms with Crippen LogP contribution in [0.25, 0.3) is 0 Å². The molecule has 0 unspecified atom stereocenters. The first-order valence-corrected chi connectivity index (χ1v) is 18.1. The maximum atomic E-state index is 10.1. The summed E-state index contributed by atoms with van der Waals surface area (Å²) in [6.07, 6.45) is 2.85. The molecular formula is C47H50N2O2. The lowest BCUT2D eigenvalue weighted by Crippen LogP contribution is -2.29. The molecule has 0 aliphatic carbocycles. The monoisotopic (exact) mass is 674 g/mol. The second kappa shape index (κ2) is 16.2. The molecule has 260 valence electrons. The number of aliphatic hydroxyl groups is 2. The molecule has 0 saturated carbocycles. The molecule has 0 atom stereocenters. The van der Waals surface area contributed by atoms with E-state index in [9.17, 15) is 10.2 Å². The number of hydrogen-bond acceptors (Lipinski definition) is 4. The number of hydrogen-bond donors (Lipinski definition) is 2. The van der Waals surface area contributed by atoms with Crippen LogP contribution in [0.4, 0.5) is 34.1 Å². The first-order chi connectivity index (χ1) is 24.8. The molecule has 0 fully saturated rings. The Hall–Kier alpha value is -5.16. The van der Waals surface area contributed by atoms with Crippen molar-refractivity contribution in [2.45, 2.75) is 58.8 Å². The van der Waals surface area contributed by atoms with Crippen molar-refractivity contribution in [1.82, 2.24) is 0 Å². The Labute approximate surface area is 304 Å². The minimum atomic E-state index is -0.389. The molecule has 51 heavy (non-hydrogen) atoms. The summed E-state index contributed by atoms with van der Waals surface area (Å²) in [6.45, 7) is 8.68. The molecule has 0 heterocycles. The van der Waals surface area contributed by atoms with E-state index in [1.54, 1.807) is 0 Å². The summed E-state index contributed by atoms with van der Waals surface area (Å²) in [7, 11) is 0. The molecule has 0 amide bonds. The standard InChI is InChI=1S/C47H50N2O2/c1-35-7-19-41(20-8-35)48(42-21-9-36(2)10-22-42)45-27-15-39(16-28-45)47(31-5-33-50,32-6-34-51)40-17-29-46(30-18-40)49(43-23-11-37(3)12-24-43)44-25-13-38(4)14-26-44/h7-30,50-51H,5-6,31-34H2,1-4H3.